The topological polar surface area (TPSA) is 81.1 Å². The van der Waals surface area contributed by atoms with Gasteiger partial charge in [-0.1, -0.05) is 0 Å². The van der Waals surface area contributed by atoms with E-state index in [0.717, 1.165) is 6.26 Å². The number of carbonyl (C=O) groups excluding carboxylic acids is 1. The molecule has 16 heavy (non-hydrogen) atoms. The molecule has 7 heteroatoms. The number of sulfone groups is 1. The minimum atomic E-state index is -3.33. The van der Waals surface area contributed by atoms with Crippen LogP contribution < -0.4 is 5.32 Å². The molecule has 2 atom stereocenters. The molecule has 2 heterocycles. The Morgan fingerprint density at radius 2 is 2.06 bits per heavy atom. The molecule has 88 valence electrons. The second-order valence-electron chi connectivity index (χ2n) is 4.02. The molecule has 1 aliphatic heterocycles. The molecule has 0 unspecified atom stereocenters. The van der Waals surface area contributed by atoms with E-state index in [1.54, 1.807) is 18.4 Å². The van der Waals surface area contributed by atoms with Gasteiger partial charge < -0.3 is 9.88 Å². The van der Waals surface area contributed by atoms with E-state index in [1.165, 1.54) is 6.20 Å². The van der Waals surface area contributed by atoms with Gasteiger partial charge in [0.05, 0.1) is 6.04 Å². The Kier molecular flexibility index (Phi) is 2.30. The quantitative estimate of drug-likeness (QED) is 0.755. The molecule has 0 saturated carbocycles. The van der Waals surface area contributed by atoms with E-state index < -0.39 is 15.9 Å². The zero-order valence-corrected chi connectivity index (χ0v) is 10.1. The van der Waals surface area contributed by atoms with Gasteiger partial charge in [0.25, 0.3) is 0 Å². The first kappa shape index (κ1) is 11.1. The van der Waals surface area contributed by atoms with Crippen LogP contribution in [0.25, 0.3) is 0 Å². The summed E-state index contributed by atoms with van der Waals surface area (Å²) >= 11 is 0. The van der Waals surface area contributed by atoms with Crippen LogP contribution in [0.5, 0.6) is 0 Å². The second-order valence-corrected chi connectivity index (χ2v) is 5.99. The summed E-state index contributed by atoms with van der Waals surface area (Å²) < 4.78 is 24.3. The first-order chi connectivity index (χ1) is 7.30. The maximum atomic E-state index is 11.5. The van der Waals surface area contributed by atoms with Gasteiger partial charge in [0.15, 0.2) is 14.9 Å². The minimum Gasteiger partial charge on any atom is -0.345 e. The molecular weight excluding hydrogens is 230 g/mol. The molecule has 1 aromatic rings. The standard InChI is InChI=1S/C9H13N3O3S/c1-5-8-11-7(16(3,14)15)4-12(8)6(2)9(13)10-5/h4-6H,1-3H3,(H,10,13)/t5-,6-/m0/s1. The number of aromatic nitrogens is 2. The zero-order valence-electron chi connectivity index (χ0n) is 9.26. The number of amides is 1. The predicted octanol–water partition coefficient (Wildman–Crippen LogP) is 0.0384. The fraction of sp³-hybridized carbons (Fsp3) is 0.556. The van der Waals surface area contributed by atoms with E-state index in [4.69, 9.17) is 0 Å². The average molecular weight is 243 g/mol. The van der Waals surface area contributed by atoms with Crippen molar-refractivity contribution in [2.24, 2.45) is 0 Å². The first-order valence-corrected chi connectivity index (χ1v) is 6.79. The molecule has 0 spiro atoms. The van der Waals surface area contributed by atoms with Crippen molar-refractivity contribution in [2.45, 2.75) is 31.0 Å². The summed E-state index contributed by atoms with van der Waals surface area (Å²) in [4.78, 5) is 15.6. The van der Waals surface area contributed by atoms with Gasteiger partial charge in [-0.05, 0) is 13.8 Å². The van der Waals surface area contributed by atoms with Crippen LogP contribution in [-0.2, 0) is 14.6 Å². The third-order valence-corrected chi connectivity index (χ3v) is 3.62. The highest BCUT2D eigenvalue weighted by molar-refractivity contribution is 7.90. The lowest BCUT2D eigenvalue weighted by molar-refractivity contribution is -0.125. The summed E-state index contributed by atoms with van der Waals surface area (Å²) in [6.07, 6.45) is 2.52. The van der Waals surface area contributed by atoms with Gasteiger partial charge >= 0.3 is 0 Å². The van der Waals surface area contributed by atoms with Crippen LogP contribution in [0.1, 0.15) is 31.8 Å². The van der Waals surface area contributed by atoms with E-state index in [-0.39, 0.29) is 17.0 Å². The summed E-state index contributed by atoms with van der Waals surface area (Å²) in [7, 11) is -3.33. The molecule has 0 aromatic carbocycles. The number of nitrogens with one attached hydrogen (secondary N) is 1. The highest BCUT2D eigenvalue weighted by Gasteiger charge is 2.30. The van der Waals surface area contributed by atoms with Crippen molar-refractivity contribution < 1.29 is 13.2 Å². The van der Waals surface area contributed by atoms with E-state index in [1.807, 2.05) is 0 Å². The maximum Gasteiger partial charge on any atom is 0.243 e. The molecule has 0 fully saturated rings. The van der Waals surface area contributed by atoms with Gasteiger partial charge in [0.2, 0.25) is 5.91 Å². The van der Waals surface area contributed by atoms with Crippen LogP contribution >= 0.6 is 0 Å². The lowest BCUT2D eigenvalue weighted by Gasteiger charge is -2.26. The Labute approximate surface area is 93.6 Å². The lowest BCUT2D eigenvalue weighted by atomic mass is 10.2. The van der Waals surface area contributed by atoms with Crippen molar-refractivity contribution in [2.75, 3.05) is 6.26 Å². The molecule has 0 saturated heterocycles. The molecule has 1 aliphatic rings. The SMILES string of the molecule is C[C@@H]1NC(=O)[C@H](C)n2cc(S(C)(=O)=O)nc21. The molecule has 1 amide bonds. The van der Waals surface area contributed by atoms with Gasteiger partial charge in [-0.2, -0.15) is 0 Å². The van der Waals surface area contributed by atoms with Gasteiger partial charge in [-0.3, -0.25) is 4.79 Å². The van der Waals surface area contributed by atoms with E-state index in [9.17, 15) is 13.2 Å². The van der Waals surface area contributed by atoms with Crippen molar-refractivity contribution in [1.82, 2.24) is 14.9 Å². The highest BCUT2D eigenvalue weighted by atomic mass is 32.2. The van der Waals surface area contributed by atoms with Crippen LogP contribution in [0.15, 0.2) is 11.2 Å². The number of hydrogen-bond acceptors (Lipinski definition) is 4. The van der Waals surface area contributed by atoms with Gasteiger partial charge in [0, 0.05) is 12.5 Å². The number of imidazole rings is 1. The number of carbonyl (C=O) groups is 1. The normalized spacial score (nSPS) is 25.1. The predicted molar refractivity (Wildman–Crippen MR) is 56.6 cm³/mol. The Morgan fingerprint density at radius 1 is 1.44 bits per heavy atom. The first-order valence-electron chi connectivity index (χ1n) is 4.90. The molecule has 1 N–H and O–H groups in total. The summed E-state index contributed by atoms with van der Waals surface area (Å²) in [5, 5.41) is 2.74. The van der Waals surface area contributed by atoms with Crippen molar-refractivity contribution in [3.05, 3.63) is 12.0 Å². The number of fused-ring (bicyclic) bond motifs is 1. The minimum absolute atomic E-state index is 0.0118. The number of hydrogen-bond donors (Lipinski definition) is 1. The number of rotatable bonds is 1. The van der Waals surface area contributed by atoms with Crippen LogP contribution in [0.2, 0.25) is 0 Å². The van der Waals surface area contributed by atoms with E-state index >= 15 is 0 Å². The summed E-state index contributed by atoms with van der Waals surface area (Å²) in [6.45, 7) is 3.48. The van der Waals surface area contributed by atoms with Crippen LogP contribution in [-0.4, -0.2) is 30.1 Å². The van der Waals surface area contributed by atoms with Crippen LogP contribution in [0, 0.1) is 0 Å². The molecular formula is C9H13N3O3S. The Morgan fingerprint density at radius 3 is 2.62 bits per heavy atom. The average Bonchev–Trinajstić information content (AvgIpc) is 2.58. The van der Waals surface area contributed by atoms with Crippen LogP contribution in [0.3, 0.4) is 0 Å². The molecule has 2 rings (SSSR count). The molecule has 1 aromatic heterocycles. The van der Waals surface area contributed by atoms with Crippen molar-refractivity contribution in [1.29, 1.82) is 0 Å². The fourth-order valence-electron chi connectivity index (χ4n) is 1.72. The summed E-state index contributed by atoms with van der Waals surface area (Å²) in [5.74, 6) is 0.449. The van der Waals surface area contributed by atoms with E-state index in [0.29, 0.717) is 5.82 Å². The summed E-state index contributed by atoms with van der Waals surface area (Å²) in [5.41, 5.74) is 0. The third kappa shape index (κ3) is 1.60. The molecule has 6 nitrogen and oxygen atoms in total. The lowest BCUT2D eigenvalue weighted by Crippen LogP contribution is -2.39. The molecule has 0 aliphatic carbocycles. The Bertz CT molecular complexity index is 546. The smallest absolute Gasteiger partial charge is 0.243 e. The van der Waals surface area contributed by atoms with Crippen LogP contribution in [0.4, 0.5) is 0 Å². The maximum absolute atomic E-state index is 11.5. The van der Waals surface area contributed by atoms with Crippen molar-refractivity contribution in [3.8, 4) is 0 Å². The monoisotopic (exact) mass is 243 g/mol. The largest absolute Gasteiger partial charge is 0.345 e. The van der Waals surface area contributed by atoms with E-state index in [2.05, 4.69) is 10.3 Å². The Balaban J connectivity index is 2.59. The Hall–Kier alpha value is -1.37. The molecule has 0 radical (unpaired) electrons. The fourth-order valence-corrected chi connectivity index (χ4v) is 2.28. The van der Waals surface area contributed by atoms with Gasteiger partial charge in [-0.25, -0.2) is 13.4 Å². The molecule has 0 bridgehead atoms. The highest BCUT2D eigenvalue weighted by Crippen LogP contribution is 2.24. The van der Waals surface area contributed by atoms with Gasteiger partial charge in [0.1, 0.15) is 11.9 Å². The van der Waals surface area contributed by atoms with Gasteiger partial charge in [-0.15, -0.1) is 0 Å². The second kappa shape index (κ2) is 3.31. The summed E-state index contributed by atoms with van der Waals surface area (Å²) in [6, 6.07) is -0.687. The number of nitrogens with zero attached hydrogens (tertiary/aromatic N) is 2. The zero-order chi connectivity index (χ0) is 12.1. The van der Waals surface area contributed by atoms with Crippen molar-refractivity contribution >= 4 is 15.7 Å². The third-order valence-electron chi connectivity index (χ3n) is 2.66. The van der Waals surface area contributed by atoms with Crippen molar-refractivity contribution in [3.63, 3.8) is 0 Å².